The van der Waals surface area contributed by atoms with E-state index in [2.05, 4.69) is 41.7 Å². The Morgan fingerprint density at radius 2 is 2.00 bits per heavy atom. The van der Waals surface area contributed by atoms with Gasteiger partial charge >= 0.3 is 0 Å². The van der Waals surface area contributed by atoms with E-state index in [1.165, 1.54) is 11.8 Å². The average molecular weight is 326 g/mol. The fraction of sp³-hybridized carbons (Fsp3) is 0.278. The second-order valence-electron chi connectivity index (χ2n) is 6.27. The van der Waals surface area contributed by atoms with Gasteiger partial charge in [-0.3, -0.25) is 9.78 Å². The summed E-state index contributed by atoms with van der Waals surface area (Å²) in [5.74, 6) is -0.173. The average Bonchev–Trinajstić information content (AvgIpc) is 2.56. The predicted molar refractivity (Wildman–Crippen MR) is 94.7 cm³/mol. The molecule has 0 aliphatic carbocycles. The van der Waals surface area contributed by atoms with Crippen LogP contribution in [-0.2, 0) is 6.54 Å². The van der Waals surface area contributed by atoms with Crippen molar-refractivity contribution in [1.29, 1.82) is 0 Å². The molecule has 1 heterocycles. The maximum absolute atomic E-state index is 12.1. The molecule has 0 aliphatic rings. The van der Waals surface area contributed by atoms with Gasteiger partial charge in [-0.05, 0) is 12.1 Å². The van der Waals surface area contributed by atoms with Crippen molar-refractivity contribution in [1.82, 2.24) is 10.3 Å². The number of likely N-dealkylation sites (N-methyl/N-ethyl adjacent to an activating group) is 1. The molecule has 1 aromatic heterocycles. The Labute approximate surface area is 142 Å². The molecule has 2 rings (SSSR count). The summed E-state index contributed by atoms with van der Waals surface area (Å²) < 4.78 is 0.779. The monoisotopic (exact) mass is 326 g/mol. The Balaban J connectivity index is 1.83. The minimum absolute atomic E-state index is 0.173. The number of amides is 1. The lowest BCUT2D eigenvalue weighted by Crippen LogP contribution is -2.44. The number of quaternary nitrogens is 1. The molecule has 0 radical (unpaired) electrons. The summed E-state index contributed by atoms with van der Waals surface area (Å²) in [4.78, 5) is 16.1. The van der Waals surface area contributed by atoms with Crippen molar-refractivity contribution >= 4 is 12.1 Å². The molecular formula is C18H22N4O2. The summed E-state index contributed by atoms with van der Waals surface area (Å²) in [6, 6.07) is 13.5. The Morgan fingerprint density at radius 3 is 2.62 bits per heavy atom. The molecule has 0 atom stereocenters. The van der Waals surface area contributed by atoms with Gasteiger partial charge in [0, 0.05) is 18.0 Å². The molecule has 1 N–H and O–H groups in total. The topological polar surface area (TPSA) is 77.4 Å². The largest absolute Gasteiger partial charge is 0.792 e. The van der Waals surface area contributed by atoms with Gasteiger partial charge in [-0.25, -0.2) is 0 Å². The molecule has 0 spiro atoms. The first kappa shape index (κ1) is 17.6. The summed E-state index contributed by atoms with van der Waals surface area (Å²) in [6.07, 6.45) is 2.54. The van der Waals surface area contributed by atoms with Gasteiger partial charge < -0.3 is 20.2 Å². The smallest absolute Gasteiger partial charge is 0.253 e. The van der Waals surface area contributed by atoms with E-state index in [1.54, 1.807) is 12.1 Å². The second kappa shape index (κ2) is 8.21. The van der Waals surface area contributed by atoms with Crippen LogP contribution in [-0.4, -0.2) is 48.8 Å². The van der Waals surface area contributed by atoms with Gasteiger partial charge in [-0.1, -0.05) is 30.3 Å². The first-order valence-electron chi connectivity index (χ1n) is 7.76. The van der Waals surface area contributed by atoms with E-state index in [-0.39, 0.29) is 5.91 Å². The third kappa shape index (κ3) is 5.48. The highest BCUT2D eigenvalue weighted by atomic mass is 16.4. The fourth-order valence-corrected chi connectivity index (χ4v) is 2.40. The van der Waals surface area contributed by atoms with Gasteiger partial charge in [-0.2, -0.15) is 0 Å². The van der Waals surface area contributed by atoms with E-state index in [1.807, 2.05) is 18.2 Å². The molecule has 2 aromatic rings. The van der Waals surface area contributed by atoms with Gasteiger partial charge in [0.05, 0.1) is 38.4 Å². The first-order valence-corrected chi connectivity index (χ1v) is 7.76. The lowest BCUT2D eigenvalue weighted by Gasteiger charge is -2.30. The Bertz CT molecular complexity index is 682. The van der Waals surface area contributed by atoms with Crippen molar-refractivity contribution in [2.24, 2.45) is 5.16 Å². The maximum atomic E-state index is 12.1. The van der Waals surface area contributed by atoms with Crippen molar-refractivity contribution < 1.29 is 9.28 Å². The molecule has 24 heavy (non-hydrogen) atoms. The van der Waals surface area contributed by atoms with E-state index in [4.69, 9.17) is 0 Å². The summed E-state index contributed by atoms with van der Waals surface area (Å²) in [6.45, 7) is 2.29. The number of pyridine rings is 1. The molecular weight excluding hydrogens is 304 g/mol. The first-order chi connectivity index (χ1) is 11.5. The van der Waals surface area contributed by atoms with Crippen molar-refractivity contribution in [3.05, 3.63) is 70.7 Å². The molecule has 126 valence electrons. The zero-order valence-electron chi connectivity index (χ0n) is 14.0. The number of nitrogens with one attached hydrogen (secondary N) is 1. The highest BCUT2D eigenvalue weighted by Crippen LogP contribution is 2.08. The van der Waals surface area contributed by atoms with Crippen molar-refractivity contribution in [3.63, 3.8) is 0 Å². The van der Waals surface area contributed by atoms with Crippen molar-refractivity contribution in [2.45, 2.75) is 6.54 Å². The minimum atomic E-state index is -0.173. The number of nitrogens with zero attached hydrogens (tertiary/aromatic N) is 3. The number of carbonyl (C=O) groups is 1. The molecule has 0 fully saturated rings. The maximum Gasteiger partial charge on any atom is 0.253 e. The second-order valence-corrected chi connectivity index (χ2v) is 6.27. The zero-order valence-corrected chi connectivity index (χ0v) is 14.0. The van der Waals surface area contributed by atoms with Crippen LogP contribution in [0.25, 0.3) is 0 Å². The summed E-state index contributed by atoms with van der Waals surface area (Å²) in [5.41, 5.74) is 2.17. The molecule has 1 aromatic carbocycles. The van der Waals surface area contributed by atoms with E-state index in [0.717, 1.165) is 23.8 Å². The van der Waals surface area contributed by atoms with Crippen LogP contribution >= 0.6 is 0 Å². The van der Waals surface area contributed by atoms with Crippen LogP contribution in [0, 0.1) is 5.21 Å². The predicted octanol–water partition coefficient (Wildman–Crippen LogP) is 2.00. The Morgan fingerprint density at radius 1 is 1.25 bits per heavy atom. The van der Waals surface area contributed by atoms with Crippen LogP contribution in [0.4, 0.5) is 0 Å². The van der Waals surface area contributed by atoms with Crippen LogP contribution in [0.5, 0.6) is 0 Å². The summed E-state index contributed by atoms with van der Waals surface area (Å²) >= 11 is 0. The quantitative estimate of drug-likeness (QED) is 0.480. The summed E-state index contributed by atoms with van der Waals surface area (Å²) in [5, 5.41) is 15.7. The third-order valence-electron chi connectivity index (χ3n) is 3.69. The van der Waals surface area contributed by atoms with Crippen LogP contribution in [0.1, 0.15) is 21.6 Å². The van der Waals surface area contributed by atoms with E-state index in [0.29, 0.717) is 17.8 Å². The van der Waals surface area contributed by atoms with Gasteiger partial charge in [0.25, 0.3) is 5.91 Å². The molecule has 0 saturated heterocycles. The number of rotatable bonds is 7. The number of aromatic nitrogens is 1. The number of hydrogen-bond acceptors (Lipinski definition) is 4. The number of hydrogen-bond donors (Lipinski definition) is 1. The van der Waals surface area contributed by atoms with Gasteiger partial charge in [0.1, 0.15) is 6.54 Å². The summed E-state index contributed by atoms with van der Waals surface area (Å²) in [7, 11) is 4.27. The van der Waals surface area contributed by atoms with E-state index in [9.17, 15) is 10.0 Å². The number of carbonyl (C=O) groups excluding carboxylic acids is 1. The van der Waals surface area contributed by atoms with Crippen molar-refractivity contribution in [3.8, 4) is 0 Å². The standard InChI is InChI=1S/C18H22N4O2/c1-22(2,14-15-6-4-3-5-7-15)11-10-19-18(23)16-8-9-17(13-21-24)20-12-16/h3-9,12-13H,10-11,14H2,1-2H3,(H-,19,20,23,24). The zero-order chi connectivity index (χ0) is 17.4. The van der Waals surface area contributed by atoms with Crippen LogP contribution in [0.2, 0.25) is 0 Å². The van der Waals surface area contributed by atoms with Crippen LogP contribution < -0.4 is 5.32 Å². The molecule has 0 saturated carbocycles. The highest BCUT2D eigenvalue weighted by molar-refractivity contribution is 5.94. The van der Waals surface area contributed by atoms with E-state index >= 15 is 0 Å². The van der Waals surface area contributed by atoms with Gasteiger partial charge in [0.15, 0.2) is 0 Å². The lowest BCUT2D eigenvalue weighted by molar-refractivity contribution is -0.902. The molecule has 6 nitrogen and oxygen atoms in total. The molecule has 0 bridgehead atoms. The fourth-order valence-electron chi connectivity index (χ4n) is 2.40. The lowest BCUT2D eigenvalue weighted by atomic mass is 10.2. The van der Waals surface area contributed by atoms with E-state index < -0.39 is 0 Å². The highest BCUT2D eigenvalue weighted by Gasteiger charge is 2.16. The minimum Gasteiger partial charge on any atom is -0.792 e. The van der Waals surface area contributed by atoms with Gasteiger partial charge in [0.2, 0.25) is 0 Å². The molecule has 0 aliphatic heterocycles. The van der Waals surface area contributed by atoms with Gasteiger partial charge in [-0.15, -0.1) is 0 Å². The third-order valence-corrected chi connectivity index (χ3v) is 3.69. The Hall–Kier alpha value is -2.73. The molecule has 6 heteroatoms. The molecule has 1 amide bonds. The number of benzene rings is 1. The van der Waals surface area contributed by atoms with Crippen molar-refractivity contribution in [2.75, 3.05) is 27.2 Å². The van der Waals surface area contributed by atoms with Crippen LogP contribution in [0.3, 0.4) is 0 Å². The Kier molecular flexibility index (Phi) is 6.03. The normalized spacial score (nSPS) is 11.6. The molecule has 0 unspecified atom stereocenters. The SMILES string of the molecule is C[N+](C)(CCNC(=O)c1ccc(/C=N/[O-])nc1)Cc1ccccc1. The van der Waals surface area contributed by atoms with Crippen LogP contribution in [0.15, 0.2) is 53.8 Å².